The summed E-state index contributed by atoms with van der Waals surface area (Å²) in [5.74, 6) is -4.23. The molecule has 0 fully saturated rings. The number of rotatable bonds is 15. The van der Waals surface area contributed by atoms with Crippen molar-refractivity contribution < 1.29 is 34.2 Å². The smallest absolute Gasteiger partial charge is 0.326 e. The molecule has 2 aromatic carbocycles. The molecule has 0 aliphatic rings. The highest BCUT2D eigenvalue weighted by atomic mass is 16.4. The van der Waals surface area contributed by atoms with Gasteiger partial charge in [0.15, 0.2) is 0 Å². The largest absolute Gasteiger partial charge is 0.508 e. The second kappa shape index (κ2) is 15.2. The zero-order chi connectivity index (χ0) is 29.8. The van der Waals surface area contributed by atoms with Crippen LogP contribution in [0.25, 0.3) is 0 Å². The number of aliphatic carboxylic acids is 1. The molecule has 0 aliphatic carbocycles. The Labute approximate surface area is 232 Å². The van der Waals surface area contributed by atoms with Crippen molar-refractivity contribution in [2.75, 3.05) is 0 Å². The van der Waals surface area contributed by atoms with Gasteiger partial charge in [-0.05, 0) is 35.6 Å². The number of nitrogens with two attached hydrogens (primary N) is 2. The average Bonchev–Trinajstić information content (AvgIpc) is 2.88. The van der Waals surface area contributed by atoms with Gasteiger partial charge in [-0.15, -0.1) is 0 Å². The quantitative estimate of drug-likeness (QED) is 0.158. The molecule has 0 aliphatic heterocycles. The van der Waals surface area contributed by atoms with E-state index in [1.807, 2.05) is 13.8 Å². The summed E-state index contributed by atoms with van der Waals surface area (Å²) in [6, 6.07) is 9.93. The lowest BCUT2D eigenvalue weighted by Crippen LogP contribution is -2.58. The highest BCUT2D eigenvalue weighted by molar-refractivity contribution is 5.95. The molecule has 2 aromatic rings. The molecule has 12 nitrogen and oxygen atoms in total. The summed E-state index contributed by atoms with van der Waals surface area (Å²) in [5, 5.41) is 26.8. The van der Waals surface area contributed by atoms with E-state index in [1.54, 1.807) is 42.5 Å². The number of carbonyl (C=O) groups excluding carboxylic acids is 4. The second-order valence-electron chi connectivity index (χ2n) is 9.99. The van der Waals surface area contributed by atoms with E-state index in [0.29, 0.717) is 5.56 Å². The highest BCUT2D eigenvalue weighted by Gasteiger charge is 2.31. The van der Waals surface area contributed by atoms with Crippen LogP contribution in [0, 0.1) is 5.92 Å². The predicted molar refractivity (Wildman–Crippen MR) is 147 cm³/mol. The lowest BCUT2D eigenvalue weighted by Gasteiger charge is -2.26. The molecule has 0 radical (unpaired) electrons. The average molecular weight is 556 g/mol. The molecule has 0 saturated carbocycles. The first-order valence-electron chi connectivity index (χ1n) is 12.8. The summed E-state index contributed by atoms with van der Waals surface area (Å²) in [5.41, 5.74) is 12.2. The molecule has 2 rings (SSSR count). The maximum absolute atomic E-state index is 13.4. The minimum Gasteiger partial charge on any atom is -0.508 e. The van der Waals surface area contributed by atoms with E-state index in [1.165, 1.54) is 12.1 Å². The van der Waals surface area contributed by atoms with Crippen LogP contribution in [-0.2, 0) is 36.8 Å². The van der Waals surface area contributed by atoms with Gasteiger partial charge in [-0.2, -0.15) is 0 Å². The summed E-state index contributed by atoms with van der Waals surface area (Å²) in [4.78, 5) is 62.3. The van der Waals surface area contributed by atoms with Gasteiger partial charge in [0.25, 0.3) is 0 Å². The molecule has 9 N–H and O–H groups in total. The van der Waals surface area contributed by atoms with Crippen LogP contribution in [0.2, 0.25) is 0 Å². The Bertz CT molecular complexity index is 1170. The van der Waals surface area contributed by atoms with E-state index >= 15 is 0 Å². The van der Waals surface area contributed by atoms with Gasteiger partial charge >= 0.3 is 5.97 Å². The minimum atomic E-state index is -1.30. The third-order valence-electron chi connectivity index (χ3n) is 6.00. The van der Waals surface area contributed by atoms with Crippen molar-refractivity contribution in [2.24, 2.45) is 17.4 Å². The number of aromatic hydroxyl groups is 1. The fourth-order valence-electron chi connectivity index (χ4n) is 3.96. The Morgan fingerprint density at radius 3 is 1.80 bits per heavy atom. The normalized spacial score (nSPS) is 13.9. The first-order chi connectivity index (χ1) is 18.8. The molecule has 12 heteroatoms. The lowest BCUT2D eigenvalue weighted by molar-refractivity contribution is -0.142. The number of carbonyl (C=O) groups is 5. The van der Waals surface area contributed by atoms with Crippen LogP contribution in [0.3, 0.4) is 0 Å². The molecular weight excluding hydrogens is 518 g/mol. The minimum absolute atomic E-state index is 0.0205. The monoisotopic (exact) mass is 555 g/mol. The Morgan fingerprint density at radius 1 is 0.750 bits per heavy atom. The van der Waals surface area contributed by atoms with Crippen LogP contribution in [0.15, 0.2) is 54.6 Å². The van der Waals surface area contributed by atoms with Gasteiger partial charge in [0, 0.05) is 12.8 Å². The fraction of sp³-hybridized carbons (Fsp3) is 0.393. The Hall–Kier alpha value is -4.45. The van der Waals surface area contributed by atoms with Gasteiger partial charge in [-0.25, -0.2) is 4.79 Å². The van der Waals surface area contributed by atoms with Crippen LogP contribution in [0.5, 0.6) is 5.75 Å². The number of hydrogen-bond acceptors (Lipinski definition) is 7. The SMILES string of the molecule is CC(C)CC(NC(=O)C(Cc1ccccc1)NC(=O)C(N)CC(N)=O)C(=O)NC(Cc1ccc(O)cc1)C(=O)O. The van der Waals surface area contributed by atoms with E-state index in [-0.39, 0.29) is 30.9 Å². The summed E-state index contributed by atoms with van der Waals surface area (Å²) in [7, 11) is 0. The molecule has 0 aromatic heterocycles. The van der Waals surface area contributed by atoms with Crippen LogP contribution >= 0.6 is 0 Å². The number of benzene rings is 2. The number of nitrogens with one attached hydrogen (secondary N) is 3. The maximum atomic E-state index is 13.4. The van der Waals surface area contributed by atoms with Crippen molar-refractivity contribution in [3.63, 3.8) is 0 Å². The first kappa shape index (κ1) is 31.8. The highest BCUT2D eigenvalue weighted by Crippen LogP contribution is 2.13. The number of amides is 4. The third-order valence-corrected chi connectivity index (χ3v) is 6.00. The Balaban J connectivity index is 2.22. The molecule has 0 heterocycles. The van der Waals surface area contributed by atoms with Crippen molar-refractivity contribution in [3.8, 4) is 5.75 Å². The van der Waals surface area contributed by atoms with Gasteiger partial charge in [0.1, 0.15) is 23.9 Å². The van der Waals surface area contributed by atoms with E-state index in [0.717, 1.165) is 5.56 Å². The molecule has 0 bridgehead atoms. The van der Waals surface area contributed by atoms with Crippen LogP contribution in [0.4, 0.5) is 0 Å². The third kappa shape index (κ3) is 10.7. The lowest BCUT2D eigenvalue weighted by atomic mass is 9.99. The topological polar surface area (TPSA) is 214 Å². The van der Waals surface area contributed by atoms with Crippen molar-refractivity contribution in [3.05, 3.63) is 65.7 Å². The maximum Gasteiger partial charge on any atom is 0.326 e. The van der Waals surface area contributed by atoms with Gasteiger partial charge in [0.05, 0.1) is 12.5 Å². The van der Waals surface area contributed by atoms with Crippen LogP contribution < -0.4 is 27.4 Å². The number of primary amides is 1. The summed E-state index contributed by atoms with van der Waals surface area (Å²) in [6.07, 6.45) is -0.206. The van der Waals surface area contributed by atoms with E-state index in [2.05, 4.69) is 16.0 Å². The summed E-state index contributed by atoms with van der Waals surface area (Å²) in [6.45, 7) is 3.67. The number of carboxylic acid groups (broad SMARTS) is 1. The van der Waals surface area contributed by atoms with Crippen molar-refractivity contribution in [1.82, 2.24) is 16.0 Å². The molecule has 4 amide bonds. The number of phenolic OH excluding ortho intramolecular Hbond substituents is 1. The zero-order valence-electron chi connectivity index (χ0n) is 22.5. The van der Waals surface area contributed by atoms with E-state index < -0.39 is 60.2 Å². The van der Waals surface area contributed by atoms with Crippen LogP contribution in [0.1, 0.15) is 37.8 Å². The molecule has 40 heavy (non-hydrogen) atoms. The van der Waals surface area contributed by atoms with Gasteiger partial charge in [-0.3, -0.25) is 19.2 Å². The zero-order valence-corrected chi connectivity index (χ0v) is 22.5. The predicted octanol–water partition coefficient (Wildman–Crippen LogP) is -0.0348. The summed E-state index contributed by atoms with van der Waals surface area (Å²) >= 11 is 0. The second-order valence-corrected chi connectivity index (χ2v) is 9.99. The van der Waals surface area contributed by atoms with Gasteiger partial charge in [-0.1, -0.05) is 56.3 Å². The first-order valence-corrected chi connectivity index (χ1v) is 12.8. The van der Waals surface area contributed by atoms with Gasteiger partial charge in [0.2, 0.25) is 23.6 Å². The standard InChI is InChI=1S/C28H37N5O7/c1-16(2)12-21(26(37)33-23(28(39)40)14-18-8-10-19(34)11-9-18)32-27(38)22(13-17-6-4-3-5-7-17)31-25(36)20(29)15-24(30)35/h3-11,16,20-23,34H,12-15,29H2,1-2H3,(H2,30,35)(H,31,36)(H,32,38)(H,33,37)(H,39,40). The fourth-order valence-corrected chi connectivity index (χ4v) is 3.96. The Morgan fingerprint density at radius 2 is 1.25 bits per heavy atom. The molecule has 0 spiro atoms. The molecule has 216 valence electrons. The van der Waals surface area contributed by atoms with Gasteiger partial charge < -0.3 is 37.6 Å². The van der Waals surface area contributed by atoms with Crippen molar-refractivity contribution >= 4 is 29.6 Å². The number of phenols is 1. The summed E-state index contributed by atoms with van der Waals surface area (Å²) < 4.78 is 0. The molecular formula is C28H37N5O7. The van der Waals surface area contributed by atoms with Crippen LogP contribution in [-0.4, -0.2) is 64.0 Å². The van der Waals surface area contributed by atoms with E-state index in [4.69, 9.17) is 11.5 Å². The number of carboxylic acids is 1. The Kier molecular flexibility index (Phi) is 12.1. The molecule has 4 unspecified atom stereocenters. The molecule has 4 atom stereocenters. The van der Waals surface area contributed by atoms with Crippen molar-refractivity contribution in [1.29, 1.82) is 0 Å². The number of hydrogen-bond donors (Lipinski definition) is 7. The van der Waals surface area contributed by atoms with Crippen molar-refractivity contribution in [2.45, 2.75) is 63.7 Å². The van der Waals surface area contributed by atoms with E-state index in [9.17, 15) is 34.2 Å². The molecule has 0 saturated heterocycles.